The Morgan fingerprint density at radius 1 is 1.50 bits per heavy atom. The molecule has 1 aromatic rings. The highest BCUT2D eigenvalue weighted by molar-refractivity contribution is 7.18. The van der Waals surface area contributed by atoms with Crippen LogP contribution >= 0.6 is 11.3 Å². The molecule has 0 aromatic carbocycles. The van der Waals surface area contributed by atoms with E-state index in [9.17, 15) is 4.79 Å². The summed E-state index contributed by atoms with van der Waals surface area (Å²) in [6.45, 7) is 8.77. The molecular weight excluding hydrogens is 276 g/mol. The van der Waals surface area contributed by atoms with Gasteiger partial charge in [-0.05, 0) is 18.8 Å². The van der Waals surface area contributed by atoms with Crippen LogP contribution in [0, 0.1) is 5.41 Å². The van der Waals surface area contributed by atoms with Crippen molar-refractivity contribution in [1.29, 1.82) is 0 Å². The van der Waals surface area contributed by atoms with Crippen LogP contribution in [0.15, 0.2) is 0 Å². The number of nitrogen functional groups attached to an aromatic ring is 1. The normalized spacial score (nSPS) is 13.1. The second kappa shape index (κ2) is 6.90. The minimum atomic E-state index is -0.238. The topological polar surface area (TPSA) is 100 Å². The molecule has 6 nitrogen and oxygen atoms in total. The third kappa shape index (κ3) is 4.35. The maximum absolute atomic E-state index is 12.3. The van der Waals surface area contributed by atoms with Crippen molar-refractivity contribution >= 4 is 28.2 Å². The number of nitrogens with zero attached hydrogens (tertiary/aromatic N) is 1. The van der Waals surface area contributed by atoms with Gasteiger partial charge in [0.05, 0.1) is 0 Å². The van der Waals surface area contributed by atoms with Crippen molar-refractivity contribution in [1.82, 2.24) is 10.3 Å². The van der Waals surface area contributed by atoms with E-state index < -0.39 is 0 Å². The van der Waals surface area contributed by atoms with Gasteiger partial charge in [0.15, 0.2) is 5.13 Å². The van der Waals surface area contributed by atoms with E-state index in [0.29, 0.717) is 16.4 Å². The summed E-state index contributed by atoms with van der Waals surface area (Å²) in [5, 5.41) is 15.7. The predicted molar refractivity (Wildman–Crippen MR) is 83.1 cm³/mol. The van der Waals surface area contributed by atoms with E-state index >= 15 is 0 Å². The van der Waals surface area contributed by atoms with Crippen LogP contribution in [0.1, 0.15) is 43.8 Å². The standard InChI is InChI=1S/C13H24N4O2S/c1-5-15-12-17-10(14)9(20-12)11(19)16-8(6-7-18)13(2,3)4/h8,18H,5-7,14H2,1-4H3,(H,15,17)(H,16,19). The van der Waals surface area contributed by atoms with E-state index in [1.807, 2.05) is 27.7 Å². The second-order valence-corrected chi connectivity index (χ2v) is 6.67. The van der Waals surface area contributed by atoms with Crippen LogP contribution in [0.25, 0.3) is 0 Å². The Balaban J connectivity index is 2.83. The lowest BCUT2D eigenvalue weighted by Crippen LogP contribution is -2.44. The molecule has 0 saturated heterocycles. The van der Waals surface area contributed by atoms with Gasteiger partial charge in [0, 0.05) is 19.2 Å². The number of hydrogen-bond donors (Lipinski definition) is 4. The number of nitrogens with one attached hydrogen (secondary N) is 2. The highest BCUT2D eigenvalue weighted by Gasteiger charge is 2.27. The van der Waals surface area contributed by atoms with Crippen LogP contribution < -0.4 is 16.4 Å². The van der Waals surface area contributed by atoms with E-state index in [2.05, 4.69) is 15.6 Å². The van der Waals surface area contributed by atoms with Crippen molar-refractivity contribution in [3.63, 3.8) is 0 Å². The number of rotatable bonds is 6. The van der Waals surface area contributed by atoms with Crippen LogP contribution in [0.2, 0.25) is 0 Å². The minimum absolute atomic E-state index is 0.0308. The minimum Gasteiger partial charge on any atom is -0.396 e. The average Bonchev–Trinajstić information content (AvgIpc) is 2.69. The zero-order chi connectivity index (χ0) is 15.3. The van der Waals surface area contributed by atoms with Gasteiger partial charge in [-0.3, -0.25) is 4.79 Å². The molecule has 0 fully saturated rings. The Bertz CT molecular complexity index is 454. The van der Waals surface area contributed by atoms with Crippen molar-refractivity contribution < 1.29 is 9.90 Å². The van der Waals surface area contributed by atoms with Crippen molar-refractivity contribution in [2.75, 3.05) is 24.2 Å². The number of aliphatic hydroxyl groups is 1. The Morgan fingerprint density at radius 2 is 2.15 bits per heavy atom. The molecule has 0 radical (unpaired) electrons. The molecule has 1 rings (SSSR count). The third-order valence-electron chi connectivity index (χ3n) is 2.96. The predicted octanol–water partition coefficient (Wildman–Crippen LogP) is 1.68. The zero-order valence-electron chi connectivity index (χ0n) is 12.5. The van der Waals surface area contributed by atoms with Crippen LogP contribution in [0.4, 0.5) is 10.9 Å². The van der Waals surface area contributed by atoms with Crippen molar-refractivity contribution in [3.8, 4) is 0 Å². The molecule has 1 amide bonds. The van der Waals surface area contributed by atoms with Gasteiger partial charge >= 0.3 is 0 Å². The molecule has 1 atom stereocenters. The molecule has 20 heavy (non-hydrogen) atoms. The summed E-state index contributed by atoms with van der Waals surface area (Å²) in [6, 6.07) is -0.121. The van der Waals surface area contributed by atoms with Gasteiger partial charge in [-0.1, -0.05) is 32.1 Å². The third-order valence-corrected chi connectivity index (χ3v) is 3.98. The summed E-state index contributed by atoms with van der Waals surface area (Å²) in [7, 11) is 0. The second-order valence-electron chi connectivity index (χ2n) is 5.67. The number of thiazole rings is 1. The quantitative estimate of drug-likeness (QED) is 0.640. The van der Waals surface area contributed by atoms with E-state index in [4.69, 9.17) is 10.8 Å². The van der Waals surface area contributed by atoms with Crippen LogP contribution in [0.3, 0.4) is 0 Å². The van der Waals surface area contributed by atoms with Gasteiger partial charge in [-0.25, -0.2) is 4.98 Å². The highest BCUT2D eigenvalue weighted by atomic mass is 32.1. The number of amides is 1. The first-order valence-corrected chi connectivity index (χ1v) is 7.53. The Morgan fingerprint density at radius 3 is 2.65 bits per heavy atom. The molecule has 7 heteroatoms. The van der Waals surface area contributed by atoms with Gasteiger partial charge in [0.2, 0.25) is 0 Å². The van der Waals surface area contributed by atoms with Gasteiger partial charge < -0.3 is 21.5 Å². The lowest BCUT2D eigenvalue weighted by atomic mass is 9.85. The Labute approximate surface area is 123 Å². The number of aromatic nitrogens is 1. The van der Waals surface area contributed by atoms with Crippen LogP contribution in [0.5, 0.6) is 0 Å². The van der Waals surface area contributed by atoms with E-state index in [1.54, 1.807) is 0 Å². The number of hydrogen-bond acceptors (Lipinski definition) is 6. The molecule has 0 spiro atoms. The van der Waals surface area contributed by atoms with E-state index in [-0.39, 0.29) is 29.8 Å². The van der Waals surface area contributed by atoms with E-state index in [1.165, 1.54) is 11.3 Å². The molecule has 0 aliphatic carbocycles. The van der Waals surface area contributed by atoms with Gasteiger partial charge in [-0.2, -0.15) is 0 Å². The zero-order valence-corrected chi connectivity index (χ0v) is 13.3. The first-order valence-electron chi connectivity index (χ1n) is 6.71. The molecule has 5 N–H and O–H groups in total. The lowest BCUT2D eigenvalue weighted by molar-refractivity contribution is 0.0890. The Hall–Kier alpha value is -1.34. The van der Waals surface area contributed by atoms with Gasteiger partial charge in [0.25, 0.3) is 5.91 Å². The van der Waals surface area contributed by atoms with Crippen molar-refractivity contribution in [2.45, 2.75) is 40.2 Å². The molecular formula is C13H24N4O2S. The first kappa shape index (κ1) is 16.7. The summed E-state index contributed by atoms with van der Waals surface area (Å²) in [5.74, 6) is -0.00219. The van der Waals surface area contributed by atoms with Crippen molar-refractivity contribution in [3.05, 3.63) is 4.88 Å². The number of nitrogens with two attached hydrogens (primary N) is 1. The molecule has 1 unspecified atom stereocenters. The summed E-state index contributed by atoms with van der Waals surface area (Å²) in [6.07, 6.45) is 0.508. The lowest BCUT2D eigenvalue weighted by Gasteiger charge is -2.30. The SMILES string of the molecule is CCNc1nc(N)c(C(=O)NC(CCO)C(C)(C)C)s1. The van der Waals surface area contributed by atoms with Gasteiger partial charge in [0.1, 0.15) is 10.7 Å². The monoisotopic (exact) mass is 300 g/mol. The van der Waals surface area contributed by atoms with Crippen LogP contribution in [-0.4, -0.2) is 35.2 Å². The number of carbonyl (C=O) groups is 1. The fourth-order valence-corrected chi connectivity index (χ4v) is 2.65. The highest BCUT2D eigenvalue weighted by Crippen LogP contribution is 2.27. The molecule has 0 aliphatic rings. The molecule has 0 aliphatic heterocycles. The average molecular weight is 300 g/mol. The number of anilines is 2. The summed E-state index contributed by atoms with van der Waals surface area (Å²) < 4.78 is 0. The fraction of sp³-hybridized carbons (Fsp3) is 0.692. The molecule has 1 aromatic heterocycles. The van der Waals surface area contributed by atoms with Crippen molar-refractivity contribution in [2.24, 2.45) is 5.41 Å². The Kier molecular flexibility index (Phi) is 5.76. The molecule has 1 heterocycles. The molecule has 114 valence electrons. The number of aliphatic hydroxyl groups excluding tert-OH is 1. The largest absolute Gasteiger partial charge is 0.396 e. The maximum atomic E-state index is 12.3. The first-order chi connectivity index (χ1) is 9.29. The molecule has 0 bridgehead atoms. The molecule has 0 saturated carbocycles. The maximum Gasteiger partial charge on any atom is 0.265 e. The van der Waals surface area contributed by atoms with E-state index in [0.717, 1.165) is 6.54 Å². The summed E-state index contributed by atoms with van der Waals surface area (Å²) in [4.78, 5) is 16.8. The summed E-state index contributed by atoms with van der Waals surface area (Å²) in [5.41, 5.74) is 5.64. The van der Waals surface area contributed by atoms with Gasteiger partial charge in [-0.15, -0.1) is 0 Å². The smallest absolute Gasteiger partial charge is 0.265 e. The number of carbonyl (C=O) groups excluding carboxylic acids is 1. The fourth-order valence-electron chi connectivity index (χ4n) is 1.80. The van der Waals surface area contributed by atoms with Crippen LogP contribution in [-0.2, 0) is 0 Å². The summed E-state index contributed by atoms with van der Waals surface area (Å²) >= 11 is 1.24.